The van der Waals surface area contributed by atoms with E-state index in [1.807, 2.05) is 6.26 Å². The van der Waals surface area contributed by atoms with E-state index in [9.17, 15) is 9.59 Å². The molecule has 0 aliphatic carbocycles. The Labute approximate surface area is 111 Å². The largest absolute Gasteiger partial charge is 0.480 e. The van der Waals surface area contributed by atoms with E-state index in [-0.39, 0.29) is 0 Å². The van der Waals surface area contributed by atoms with Gasteiger partial charge in [-0.05, 0) is 30.6 Å². The lowest BCUT2D eigenvalue weighted by atomic mass is 10.2. The van der Waals surface area contributed by atoms with Crippen LogP contribution in [0.3, 0.4) is 0 Å². The average molecular weight is 284 g/mol. The maximum absolute atomic E-state index is 10.1. The number of carbonyl (C=O) groups is 2. The molecule has 0 amide bonds. The van der Waals surface area contributed by atoms with Crippen molar-refractivity contribution in [2.75, 3.05) is 17.8 Å². The molecule has 0 bridgehead atoms. The Morgan fingerprint density at radius 3 is 1.82 bits per heavy atom. The smallest absolute Gasteiger partial charge is 0.320 e. The van der Waals surface area contributed by atoms with Gasteiger partial charge in [-0.2, -0.15) is 24.4 Å². The maximum Gasteiger partial charge on any atom is 0.320 e. The summed E-state index contributed by atoms with van der Waals surface area (Å²) in [6.45, 7) is 0. The van der Waals surface area contributed by atoms with Gasteiger partial charge in [0, 0.05) is 0 Å². The van der Waals surface area contributed by atoms with Crippen LogP contribution in [-0.4, -0.2) is 52.0 Å². The van der Waals surface area contributed by atoms with Gasteiger partial charge in [-0.3, -0.25) is 9.59 Å². The molecule has 0 aromatic heterocycles. The first-order chi connectivity index (χ1) is 7.86. The zero-order valence-corrected chi connectivity index (χ0v) is 11.4. The number of hydrogen-bond donors (Lipinski definition) is 5. The average Bonchev–Trinajstić information content (AvgIpc) is 2.26. The molecule has 2 unspecified atom stereocenters. The van der Waals surface area contributed by atoms with Crippen molar-refractivity contribution in [1.82, 2.24) is 0 Å². The fraction of sp³-hybridized carbons (Fsp3) is 0.778. The van der Waals surface area contributed by atoms with Crippen molar-refractivity contribution in [2.45, 2.75) is 24.9 Å². The molecule has 102 valence electrons. The SMILES string of the molecule is CSCCC(N)C(=O)O.NC(CCS)C(=O)O. The summed E-state index contributed by atoms with van der Waals surface area (Å²) in [5.74, 6) is -0.538. The summed E-state index contributed by atoms with van der Waals surface area (Å²) in [7, 11) is 0. The van der Waals surface area contributed by atoms with Crippen molar-refractivity contribution < 1.29 is 19.8 Å². The quantitative estimate of drug-likeness (QED) is 0.412. The van der Waals surface area contributed by atoms with Gasteiger partial charge in [-0.15, -0.1) is 0 Å². The summed E-state index contributed by atoms with van der Waals surface area (Å²) in [6, 6.07) is -1.43. The number of carboxylic acid groups (broad SMARTS) is 2. The summed E-state index contributed by atoms with van der Waals surface area (Å²) < 4.78 is 0. The van der Waals surface area contributed by atoms with Crippen molar-refractivity contribution in [1.29, 1.82) is 0 Å². The molecule has 0 spiro atoms. The van der Waals surface area contributed by atoms with E-state index >= 15 is 0 Å². The number of nitrogens with two attached hydrogens (primary N) is 2. The van der Waals surface area contributed by atoms with Crippen LogP contribution in [0.2, 0.25) is 0 Å². The molecule has 0 saturated carbocycles. The van der Waals surface area contributed by atoms with Gasteiger partial charge < -0.3 is 21.7 Å². The summed E-state index contributed by atoms with van der Waals surface area (Å²) >= 11 is 5.42. The molecule has 0 aliphatic heterocycles. The van der Waals surface area contributed by atoms with Gasteiger partial charge >= 0.3 is 11.9 Å². The van der Waals surface area contributed by atoms with Crippen molar-refractivity contribution >= 4 is 36.3 Å². The molecule has 0 aliphatic rings. The van der Waals surface area contributed by atoms with Gasteiger partial charge in [-0.25, -0.2) is 0 Å². The van der Waals surface area contributed by atoms with Gasteiger partial charge in [0.1, 0.15) is 12.1 Å². The lowest BCUT2D eigenvalue weighted by Crippen LogP contribution is -2.30. The molecule has 2 atom stereocenters. The number of rotatable bonds is 7. The standard InChI is InChI=1S/C5H11NO2S.C4H9NO2S/c1-9-3-2-4(6)5(7)8;5-3(1-2-8)4(6)7/h4H,2-3,6H2,1H3,(H,7,8);3,8H,1-2,5H2,(H,6,7). The van der Waals surface area contributed by atoms with E-state index in [0.29, 0.717) is 18.6 Å². The highest BCUT2D eigenvalue weighted by Crippen LogP contribution is 1.97. The van der Waals surface area contributed by atoms with Gasteiger partial charge in [0.05, 0.1) is 0 Å². The highest BCUT2D eigenvalue weighted by molar-refractivity contribution is 7.98. The first kappa shape index (κ1) is 18.9. The first-order valence-corrected chi connectivity index (χ1v) is 6.96. The van der Waals surface area contributed by atoms with Gasteiger partial charge in [0.2, 0.25) is 0 Å². The second kappa shape index (κ2) is 12.0. The zero-order valence-electron chi connectivity index (χ0n) is 9.70. The fourth-order valence-electron chi connectivity index (χ4n) is 0.631. The number of hydrogen-bond acceptors (Lipinski definition) is 6. The van der Waals surface area contributed by atoms with Gasteiger partial charge in [0.25, 0.3) is 0 Å². The summed E-state index contributed by atoms with van der Waals surface area (Å²) in [4.78, 5) is 20.0. The molecule has 0 aromatic rings. The third kappa shape index (κ3) is 13.5. The molecular formula is C9H20N2O4S2. The van der Waals surface area contributed by atoms with E-state index in [1.165, 1.54) is 0 Å². The number of carboxylic acids is 2. The Morgan fingerprint density at radius 2 is 1.59 bits per heavy atom. The molecule has 0 saturated heterocycles. The number of thiol groups is 1. The molecule has 0 radical (unpaired) electrons. The second-order valence-electron chi connectivity index (χ2n) is 3.18. The number of thioether (sulfide) groups is 1. The van der Waals surface area contributed by atoms with E-state index in [4.69, 9.17) is 21.7 Å². The van der Waals surface area contributed by atoms with Crippen molar-refractivity contribution in [3.63, 3.8) is 0 Å². The minimum absolute atomic E-state index is 0.429. The Kier molecular flexibility index (Phi) is 13.4. The van der Waals surface area contributed by atoms with Crippen LogP contribution in [-0.2, 0) is 9.59 Å². The van der Waals surface area contributed by atoms with Gasteiger partial charge in [0.15, 0.2) is 0 Å². The van der Waals surface area contributed by atoms with Crippen LogP contribution in [0.25, 0.3) is 0 Å². The topological polar surface area (TPSA) is 127 Å². The molecule has 17 heavy (non-hydrogen) atoms. The van der Waals surface area contributed by atoms with Crippen LogP contribution in [0.15, 0.2) is 0 Å². The van der Waals surface area contributed by atoms with Crippen LogP contribution in [0.1, 0.15) is 12.8 Å². The molecule has 6 N–H and O–H groups in total. The lowest BCUT2D eigenvalue weighted by Gasteiger charge is -2.02. The molecule has 0 aromatic carbocycles. The summed E-state index contributed by atoms with van der Waals surface area (Å²) in [5.41, 5.74) is 10.3. The summed E-state index contributed by atoms with van der Waals surface area (Å²) in [5, 5.41) is 16.4. The summed E-state index contributed by atoms with van der Waals surface area (Å²) in [6.07, 6.45) is 2.91. The van der Waals surface area contributed by atoms with Crippen molar-refractivity contribution in [2.24, 2.45) is 11.5 Å². The van der Waals surface area contributed by atoms with Crippen molar-refractivity contribution in [3.8, 4) is 0 Å². The molecular weight excluding hydrogens is 264 g/mol. The van der Waals surface area contributed by atoms with Crippen LogP contribution < -0.4 is 11.5 Å². The predicted molar refractivity (Wildman–Crippen MR) is 72.7 cm³/mol. The molecule has 0 heterocycles. The second-order valence-corrected chi connectivity index (χ2v) is 4.62. The van der Waals surface area contributed by atoms with Gasteiger partial charge in [-0.1, -0.05) is 0 Å². The third-order valence-corrected chi connectivity index (χ3v) is 2.61. The van der Waals surface area contributed by atoms with E-state index in [2.05, 4.69) is 12.6 Å². The van der Waals surface area contributed by atoms with Crippen LogP contribution >= 0.6 is 24.4 Å². The Hall–Kier alpha value is -0.440. The zero-order chi connectivity index (χ0) is 13.8. The van der Waals surface area contributed by atoms with Crippen LogP contribution in [0.5, 0.6) is 0 Å². The van der Waals surface area contributed by atoms with E-state index < -0.39 is 24.0 Å². The van der Waals surface area contributed by atoms with E-state index in [1.54, 1.807) is 11.8 Å². The Morgan fingerprint density at radius 1 is 1.18 bits per heavy atom. The van der Waals surface area contributed by atoms with E-state index in [0.717, 1.165) is 5.75 Å². The van der Waals surface area contributed by atoms with Crippen LogP contribution in [0, 0.1) is 0 Å². The minimum Gasteiger partial charge on any atom is -0.480 e. The molecule has 6 nitrogen and oxygen atoms in total. The highest BCUT2D eigenvalue weighted by atomic mass is 32.2. The Bertz CT molecular complexity index is 229. The monoisotopic (exact) mass is 284 g/mol. The predicted octanol–water partition coefficient (Wildman–Crippen LogP) is -0.130. The molecule has 8 heteroatoms. The first-order valence-electron chi connectivity index (χ1n) is 4.93. The fourth-order valence-corrected chi connectivity index (χ4v) is 1.40. The number of aliphatic carboxylic acids is 2. The van der Waals surface area contributed by atoms with Crippen LogP contribution in [0.4, 0.5) is 0 Å². The highest BCUT2D eigenvalue weighted by Gasteiger charge is 2.09. The third-order valence-electron chi connectivity index (χ3n) is 1.71. The normalized spacial score (nSPS) is 13.2. The minimum atomic E-state index is -0.959. The Balaban J connectivity index is 0. The molecule has 0 rings (SSSR count). The lowest BCUT2D eigenvalue weighted by molar-refractivity contribution is -0.139. The molecule has 0 fully saturated rings. The maximum atomic E-state index is 10.1. The van der Waals surface area contributed by atoms with Crippen molar-refractivity contribution in [3.05, 3.63) is 0 Å².